The zero-order valence-corrected chi connectivity index (χ0v) is 8.19. The summed E-state index contributed by atoms with van der Waals surface area (Å²) in [4.78, 5) is 0. The molecule has 0 saturated heterocycles. The Bertz CT molecular complexity index is 365. The second kappa shape index (κ2) is 3.70. The molecule has 1 aliphatic rings. The summed E-state index contributed by atoms with van der Waals surface area (Å²) in [5.41, 5.74) is 1.54. The molecule has 0 amide bonds. The van der Waals surface area contributed by atoms with Gasteiger partial charge in [0.05, 0.1) is 5.38 Å². The number of alkyl halides is 1. The van der Waals surface area contributed by atoms with E-state index in [1.807, 2.05) is 6.08 Å². The molecule has 0 radical (unpaired) electrons. The summed E-state index contributed by atoms with van der Waals surface area (Å²) in [6.07, 6.45) is 3.49. The second-order valence-electron chi connectivity index (χ2n) is 3.40. The molecular formula is C11H9ClF2. The van der Waals surface area contributed by atoms with Crippen LogP contribution in [0.1, 0.15) is 18.4 Å². The fraction of sp³-hybridized carbons (Fsp3) is 0.273. The van der Waals surface area contributed by atoms with Crippen molar-refractivity contribution in [2.75, 3.05) is 0 Å². The van der Waals surface area contributed by atoms with E-state index in [0.717, 1.165) is 24.5 Å². The summed E-state index contributed by atoms with van der Waals surface area (Å²) in [6.45, 7) is 0. The molecule has 0 fully saturated rings. The minimum Gasteiger partial charge on any atom is -0.207 e. The largest absolute Gasteiger partial charge is 0.207 e. The maximum absolute atomic E-state index is 12.9. The van der Waals surface area contributed by atoms with Gasteiger partial charge in [-0.2, -0.15) is 0 Å². The van der Waals surface area contributed by atoms with Crippen molar-refractivity contribution in [2.24, 2.45) is 0 Å². The first kappa shape index (κ1) is 9.66. The van der Waals surface area contributed by atoms with Gasteiger partial charge in [-0.1, -0.05) is 6.08 Å². The fourth-order valence-corrected chi connectivity index (χ4v) is 1.92. The molecule has 0 saturated carbocycles. The van der Waals surface area contributed by atoms with E-state index in [0.29, 0.717) is 5.56 Å². The highest BCUT2D eigenvalue weighted by Crippen LogP contribution is 2.31. The third kappa shape index (κ3) is 1.95. The standard InChI is InChI=1S/C11H9ClF2/c12-9-2-1-7(3-9)8-4-10(13)6-11(14)5-8/h3-6,9H,1-2H2. The summed E-state index contributed by atoms with van der Waals surface area (Å²) in [5, 5.41) is -0.00340. The van der Waals surface area contributed by atoms with Crippen molar-refractivity contribution in [3.63, 3.8) is 0 Å². The number of allylic oxidation sites excluding steroid dienone is 2. The average molecular weight is 215 g/mol. The van der Waals surface area contributed by atoms with Gasteiger partial charge in [-0.25, -0.2) is 8.78 Å². The maximum atomic E-state index is 12.9. The van der Waals surface area contributed by atoms with Crippen LogP contribution in [0.5, 0.6) is 0 Å². The van der Waals surface area contributed by atoms with Crippen LogP contribution in [0.25, 0.3) is 5.57 Å². The first-order valence-corrected chi connectivity index (χ1v) is 4.90. The zero-order valence-electron chi connectivity index (χ0n) is 7.43. The lowest BCUT2D eigenvalue weighted by Gasteiger charge is -2.01. The lowest BCUT2D eigenvalue weighted by molar-refractivity contribution is 0.582. The van der Waals surface area contributed by atoms with Crippen LogP contribution in [0, 0.1) is 11.6 Å². The van der Waals surface area contributed by atoms with Gasteiger partial charge in [0.15, 0.2) is 0 Å². The van der Waals surface area contributed by atoms with Crippen LogP contribution in [0.3, 0.4) is 0 Å². The van der Waals surface area contributed by atoms with Crippen molar-refractivity contribution in [3.8, 4) is 0 Å². The van der Waals surface area contributed by atoms with E-state index in [-0.39, 0.29) is 5.38 Å². The van der Waals surface area contributed by atoms with E-state index in [4.69, 9.17) is 11.6 Å². The van der Waals surface area contributed by atoms with Gasteiger partial charge >= 0.3 is 0 Å². The minimum atomic E-state index is -0.543. The predicted octanol–water partition coefficient (Wildman–Crippen LogP) is 3.75. The van der Waals surface area contributed by atoms with E-state index in [2.05, 4.69) is 0 Å². The SMILES string of the molecule is Fc1cc(F)cc(C2=CC(Cl)CC2)c1. The molecule has 74 valence electrons. The van der Waals surface area contributed by atoms with Gasteiger partial charge in [0.2, 0.25) is 0 Å². The van der Waals surface area contributed by atoms with Crippen molar-refractivity contribution >= 4 is 17.2 Å². The molecule has 1 aliphatic carbocycles. The normalized spacial score (nSPS) is 21.1. The number of halogens is 3. The molecule has 0 aliphatic heterocycles. The molecule has 0 bridgehead atoms. The Morgan fingerprint density at radius 2 is 1.79 bits per heavy atom. The third-order valence-corrected chi connectivity index (χ3v) is 2.65. The summed E-state index contributed by atoms with van der Waals surface area (Å²) in [5.74, 6) is -1.09. The van der Waals surface area contributed by atoms with Crippen molar-refractivity contribution in [1.82, 2.24) is 0 Å². The summed E-state index contributed by atoms with van der Waals surface area (Å²) in [7, 11) is 0. The molecule has 2 rings (SSSR count). The van der Waals surface area contributed by atoms with E-state index < -0.39 is 11.6 Å². The van der Waals surface area contributed by atoms with Gasteiger partial charge in [0, 0.05) is 6.07 Å². The molecule has 1 atom stereocenters. The Morgan fingerprint density at radius 1 is 1.14 bits per heavy atom. The maximum Gasteiger partial charge on any atom is 0.126 e. The molecular weight excluding hydrogens is 206 g/mol. The molecule has 0 spiro atoms. The highest BCUT2D eigenvalue weighted by Gasteiger charge is 2.15. The minimum absolute atomic E-state index is 0.00340. The van der Waals surface area contributed by atoms with Crippen LogP contribution in [0.4, 0.5) is 8.78 Å². The summed E-state index contributed by atoms with van der Waals surface area (Å²) < 4.78 is 25.8. The number of hydrogen-bond acceptors (Lipinski definition) is 0. The molecule has 1 aromatic rings. The third-order valence-electron chi connectivity index (χ3n) is 2.30. The predicted molar refractivity (Wildman–Crippen MR) is 53.2 cm³/mol. The molecule has 1 aromatic carbocycles. The molecule has 0 N–H and O–H groups in total. The van der Waals surface area contributed by atoms with Gasteiger partial charge in [-0.05, 0) is 36.1 Å². The molecule has 1 unspecified atom stereocenters. The van der Waals surface area contributed by atoms with Gasteiger partial charge in [-0.15, -0.1) is 11.6 Å². The van der Waals surface area contributed by atoms with Crippen LogP contribution in [-0.4, -0.2) is 5.38 Å². The molecule has 0 heterocycles. The Hall–Kier alpha value is -0.890. The Morgan fingerprint density at radius 3 is 2.29 bits per heavy atom. The van der Waals surface area contributed by atoms with Crippen molar-refractivity contribution in [2.45, 2.75) is 18.2 Å². The Balaban J connectivity index is 2.37. The van der Waals surface area contributed by atoms with Gasteiger partial charge in [0.25, 0.3) is 0 Å². The zero-order chi connectivity index (χ0) is 10.1. The van der Waals surface area contributed by atoms with Gasteiger partial charge < -0.3 is 0 Å². The van der Waals surface area contributed by atoms with Crippen LogP contribution in [0.15, 0.2) is 24.3 Å². The van der Waals surface area contributed by atoms with Crippen molar-refractivity contribution in [1.29, 1.82) is 0 Å². The first-order chi connectivity index (χ1) is 6.65. The highest BCUT2D eigenvalue weighted by atomic mass is 35.5. The van der Waals surface area contributed by atoms with E-state index in [1.165, 1.54) is 12.1 Å². The van der Waals surface area contributed by atoms with Gasteiger partial charge in [-0.3, -0.25) is 0 Å². The van der Waals surface area contributed by atoms with E-state index in [1.54, 1.807) is 0 Å². The van der Waals surface area contributed by atoms with E-state index >= 15 is 0 Å². The van der Waals surface area contributed by atoms with Crippen molar-refractivity contribution in [3.05, 3.63) is 41.5 Å². The number of rotatable bonds is 1. The van der Waals surface area contributed by atoms with Crippen LogP contribution < -0.4 is 0 Å². The molecule has 3 heteroatoms. The van der Waals surface area contributed by atoms with Crippen LogP contribution in [-0.2, 0) is 0 Å². The lowest BCUT2D eigenvalue weighted by atomic mass is 10.1. The monoisotopic (exact) mass is 214 g/mol. The average Bonchev–Trinajstić information content (AvgIpc) is 2.50. The molecule has 0 aromatic heterocycles. The Labute approximate surface area is 86.2 Å². The van der Waals surface area contributed by atoms with Gasteiger partial charge in [0.1, 0.15) is 11.6 Å². The quantitative estimate of drug-likeness (QED) is 0.625. The molecule has 0 nitrogen and oxygen atoms in total. The number of hydrogen-bond donors (Lipinski definition) is 0. The topological polar surface area (TPSA) is 0 Å². The smallest absolute Gasteiger partial charge is 0.126 e. The van der Waals surface area contributed by atoms with E-state index in [9.17, 15) is 8.78 Å². The first-order valence-electron chi connectivity index (χ1n) is 4.46. The highest BCUT2D eigenvalue weighted by molar-refractivity contribution is 6.22. The van der Waals surface area contributed by atoms with Crippen LogP contribution >= 0.6 is 11.6 Å². The van der Waals surface area contributed by atoms with Crippen molar-refractivity contribution < 1.29 is 8.78 Å². The van der Waals surface area contributed by atoms with Crippen LogP contribution in [0.2, 0.25) is 0 Å². The second-order valence-corrected chi connectivity index (χ2v) is 3.97. The Kier molecular flexibility index (Phi) is 2.55. The fourth-order valence-electron chi connectivity index (χ4n) is 1.66. The molecule has 14 heavy (non-hydrogen) atoms. The summed E-state index contributed by atoms with van der Waals surface area (Å²) in [6, 6.07) is 3.55. The lowest BCUT2D eigenvalue weighted by Crippen LogP contribution is -1.86. The number of benzene rings is 1. The summed E-state index contributed by atoms with van der Waals surface area (Å²) >= 11 is 5.87.